The number of benzene rings is 1. The number of aryl methyl sites for hydroxylation is 2. The van der Waals surface area contributed by atoms with Crippen molar-refractivity contribution in [3.05, 3.63) is 58.7 Å². The Bertz CT molecular complexity index is 1390. The summed E-state index contributed by atoms with van der Waals surface area (Å²) in [5.74, 6) is -1.71. The number of carbonyl (C=O) groups excluding carboxylic acids is 2. The minimum Gasteiger partial charge on any atom is -0.480 e. The summed E-state index contributed by atoms with van der Waals surface area (Å²) in [6, 6.07) is 5.67. The highest BCUT2D eigenvalue weighted by molar-refractivity contribution is 7.13. The van der Waals surface area contributed by atoms with E-state index in [4.69, 9.17) is 11.5 Å². The third kappa shape index (κ3) is 5.93. The third-order valence-corrected chi connectivity index (χ3v) is 6.19. The molecule has 0 bridgehead atoms. The molecule has 1 aromatic carbocycles. The largest absolute Gasteiger partial charge is 0.480 e. The first-order valence-electron chi connectivity index (χ1n) is 11.0. The molecule has 0 unspecified atom stereocenters. The van der Waals surface area contributed by atoms with Gasteiger partial charge in [0.15, 0.2) is 5.13 Å². The summed E-state index contributed by atoms with van der Waals surface area (Å²) in [6.07, 6.45) is 4.57. The molecule has 0 aliphatic carbocycles. The average molecular weight is 509 g/mol. The van der Waals surface area contributed by atoms with E-state index in [0.717, 1.165) is 16.5 Å². The van der Waals surface area contributed by atoms with Crippen LogP contribution in [0, 0.1) is 0 Å². The summed E-state index contributed by atoms with van der Waals surface area (Å²) in [5.41, 5.74) is 14.4. The van der Waals surface area contributed by atoms with Crippen LogP contribution < -0.4 is 22.1 Å². The molecule has 13 heteroatoms. The van der Waals surface area contributed by atoms with Crippen molar-refractivity contribution in [3.63, 3.8) is 0 Å². The van der Waals surface area contributed by atoms with E-state index < -0.39 is 17.9 Å². The maximum absolute atomic E-state index is 12.6. The summed E-state index contributed by atoms with van der Waals surface area (Å²) < 4.78 is 0. The molecule has 186 valence electrons. The van der Waals surface area contributed by atoms with Crippen molar-refractivity contribution in [3.8, 4) is 0 Å². The van der Waals surface area contributed by atoms with Gasteiger partial charge in [0.2, 0.25) is 11.9 Å². The van der Waals surface area contributed by atoms with Crippen molar-refractivity contribution in [2.24, 2.45) is 0 Å². The molecule has 4 aromatic rings. The number of hydrogen-bond acceptors (Lipinski definition) is 9. The maximum Gasteiger partial charge on any atom is 0.326 e. The number of nitrogen functional groups attached to an aromatic ring is 2. The molecule has 0 saturated heterocycles. The molecule has 36 heavy (non-hydrogen) atoms. The Balaban J connectivity index is 1.32. The lowest BCUT2D eigenvalue weighted by molar-refractivity contribution is -0.139. The molecule has 0 fully saturated rings. The van der Waals surface area contributed by atoms with Gasteiger partial charge in [-0.15, -0.1) is 11.3 Å². The fraction of sp³-hybridized carbons (Fsp3) is 0.217. The van der Waals surface area contributed by atoms with Gasteiger partial charge in [0.05, 0.1) is 5.39 Å². The van der Waals surface area contributed by atoms with E-state index in [9.17, 15) is 19.5 Å². The lowest BCUT2D eigenvalue weighted by Gasteiger charge is -2.14. The predicted octanol–water partition coefficient (Wildman–Crippen LogP) is 1.97. The zero-order valence-corrected chi connectivity index (χ0v) is 19.8. The Morgan fingerprint density at radius 1 is 1.11 bits per heavy atom. The molecule has 2 amide bonds. The number of hydrogen-bond donors (Lipinski definition) is 6. The van der Waals surface area contributed by atoms with E-state index in [2.05, 4.69) is 30.6 Å². The number of carboxylic acids is 1. The van der Waals surface area contributed by atoms with Crippen LogP contribution in [-0.4, -0.2) is 48.9 Å². The highest BCUT2D eigenvalue weighted by Gasteiger charge is 2.22. The second-order valence-corrected chi connectivity index (χ2v) is 8.88. The number of fused-ring (bicyclic) bond motifs is 1. The van der Waals surface area contributed by atoms with E-state index in [1.807, 2.05) is 6.20 Å². The van der Waals surface area contributed by atoms with E-state index in [-0.39, 0.29) is 24.7 Å². The van der Waals surface area contributed by atoms with Gasteiger partial charge in [-0.1, -0.05) is 12.1 Å². The normalized spacial score (nSPS) is 11.8. The van der Waals surface area contributed by atoms with Gasteiger partial charge in [-0.05, 0) is 42.5 Å². The van der Waals surface area contributed by atoms with E-state index in [0.29, 0.717) is 35.0 Å². The van der Waals surface area contributed by atoms with Crippen LogP contribution in [0.15, 0.2) is 42.0 Å². The van der Waals surface area contributed by atoms with Gasteiger partial charge in [-0.3, -0.25) is 9.59 Å². The number of amides is 2. The number of carboxylic acid groups (broad SMARTS) is 1. The average Bonchev–Trinajstić information content (AvgIpc) is 3.50. The van der Waals surface area contributed by atoms with Gasteiger partial charge < -0.3 is 32.2 Å². The number of H-pyrrole nitrogens is 1. The number of aliphatic carboxylic acids is 1. The quantitative estimate of drug-likeness (QED) is 0.185. The van der Waals surface area contributed by atoms with Crippen LogP contribution in [0.5, 0.6) is 0 Å². The molecule has 0 saturated carbocycles. The van der Waals surface area contributed by atoms with Crippen molar-refractivity contribution < 1.29 is 19.5 Å². The molecule has 0 spiro atoms. The number of carbonyl (C=O) groups is 3. The van der Waals surface area contributed by atoms with Crippen LogP contribution in [0.3, 0.4) is 0 Å². The lowest BCUT2D eigenvalue weighted by atomic mass is 10.0. The molecule has 0 aliphatic rings. The fourth-order valence-electron chi connectivity index (χ4n) is 3.69. The topological polar surface area (TPSA) is 202 Å². The second kappa shape index (κ2) is 10.8. The van der Waals surface area contributed by atoms with Gasteiger partial charge in [0.25, 0.3) is 5.91 Å². The zero-order valence-electron chi connectivity index (χ0n) is 19.0. The molecule has 0 aliphatic heterocycles. The number of aromatic amines is 1. The van der Waals surface area contributed by atoms with Crippen molar-refractivity contribution in [2.75, 3.05) is 16.8 Å². The van der Waals surface area contributed by atoms with Gasteiger partial charge >= 0.3 is 5.97 Å². The van der Waals surface area contributed by atoms with E-state index in [1.54, 1.807) is 35.8 Å². The molecule has 1 atom stereocenters. The Hall–Kier alpha value is -4.52. The standard InChI is InChI=1S/C23H24N8O4S/c24-18-17-14(11-27-19(17)31-22(25)30-18)6-3-12-1-4-13(5-2-12)20(33)28-15(21(34)35)7-8-16(32)29-23-26-9-10-36-23/h1-2,4-5,9-11,15H,3,6-8H2,(H,28,33)(H,34,35)(H,26,29,32)(H5,24,25,27,30,31)/t15-/m1/s1. The molecule has 3 aromatic heterocycles. The Labute approximate surface area is 209 Å². The summed E-state index contributed by atoms with van der Waals surface area (Å²) in [6.45, 7) is 0. The SMILES string of the molecule is Nc1nc(N)c2c(CCc3ccc(C(=O)N[C@H](CCC(=O)Nc4nccs4)C(=O)O)cc3)c[nH]c2n1. The number of aromatic nitrogens is 4. The molecule has 0 radical (unpaired) electrons. The lowest BCUT2D eigenvalue weighted by Crippen LogP contribution is -2.41. The number of nitrogens with one attached hydrogen (secondary N) is 3. The minimum absolute atomic E-state index is 0.0561. The summed E-state index contributed by atoms with van der Waals surface area (Å²) in [5, 5.41) is 17.4. The van der Waals surface area contributed by atoms with Crippen LogP contribution in [-0.2, 0) is 22.4 Å². The van der Waals surface area contributed by atoms with Gasteiger partial charge in [-0.25, -0.2) is 9.78 Å². The number of anilines is 3. The second-order valence-electron chi connectivity index (χ2n) is 7.99. The molecule has 3 heterocycles. The number of nitrogens with zero attached hydrogens (tertiary/aromatic N) is 3. The molecular weight excluding hydrogens is 484 g/mol. The Kier molecular flexibility index (Phi) is 7.39. The highest BCUT2D eigenvalue weighted by Crippen LogP contribution is 2.24. The van der Waals surface area contributed by atoms with Crippen molar-refractivity contribution in [2.45, 2.75) is 31.7 Å². The fourth-order valence-corrected chi connectivity index (χ4v) is 4.23. The van der Waals surface area contributed by atoms with Crippen molar-refractivity contribution in [1.82, 2.24) is 25.3 Å². The van der Waals surface area contributed by atoms with Crippen LogP contribution in [0.2, 0.25) is 0 Å². The molecular formula is C23H24N8O4S. The van der Waals surface area contributed by atoms with E-state index >= 15 is 0 Å². The van der Waals surface area contributed by atoms with Gasteiger partial charge in [0.1, 0.15) is 17.5 Å². The number of rotatable bonds is 10. The van der Waals surface area contributed by atoms with Crippen molar-refractivity contribution in [1.29, 1.82) is 0 Å². The van der Waals surface area contributed by atoms with Gasteiger partial charge in [0, 0.05) is 29.8 Å². The third-order valence-electron chi connectivity index (χ3n) is 5.50. The number of nitrogens with two attached hydrogens (primary N) is 2. The number of thiazole rings is 1. The monoisotopic (exact) mass is 508 g/mol. The molecule has 8 N–H and O–H groups in total. The zero-order chi connectivity index (χ0) is 25.7. The first kappa shape index (κ1) is 24.6. The Morgan fingerprint density at radius 2 is 1.89 bits per heavy atom. The first-order valence-corrected chi connectivity index (χ1v) is 11.9. The molecule has 4 rings (SSSR count). The maximum atomic E-state index is 12.6. The minimum atomic E-state index is -1.22. The highest BCUT2D eigenvalue weighted by atomic mass is 32.1. The summed E-state index contributed by atoms with van der Waals surface area (Å²) in [4.78, 5) is 51.4. The van der Waals surface area contributed by atoms with Crippen LogP contribution in [0.4, 0.5) is 16.9 Å². The van der Waals surface area contributed by atoms with Crippen LogP contribution in [0.1, 0.15) is 34.3 Å². The predicted molar refractivity (Wildman–Crippen MR) is 135 cm³/mol. The molecule has 12 nitrogen and oxygen atoms in total. The first-order chi connectivity index (χ1) is 17.3. The summed E-state index contributed by atoms with van der Waals surface area (Å²) >= 11 is 1.26. The van der Waals surface area contributed by atoms with E-state index in [1.165, 1.54) is 11.3 Å². The summed E-state index contributed by atoms with van der Waals surface area (Å²) in [7, 11) is 0. The van der Waals surface area contributed by atoms with Crippen LogP contribution in [0.25, 0.3) is 11.0 Å². The van der Waals surface area contributed by atoms with Crippen molar-refractivity contribution >= 4 is 57.1 Å². The van der Waals surface area contributed by atoms with Gasteiger partial charge in [-0.2, -0.15) is 9.97 Å². The van der Waals surface area contributed by atoms with Crippen LogP contribution >= 0.6 is 11.3 Å². The Morgan fingerprint density at radius 3 is 2.58 bits per heavy atom. The smallest absolute Gasteiger partial charge is 0.326 e.